The first-order chi connectivity index (χ1) is 11.9. The molecule has 0 heterocycles. The van der Waals surface area contributed by atoms with Gasteiger partial charge in [0.05, 0.1) is 12.7 Å². The second-order valence-corrected chi connectivity index (χ2v) is 5.92. The van der Waals surface area contributed by atoms with Gasteiger partial charge in [-0.05, 0) is 49.2 Å². The minimum absolute atomic E-state index is 0.299. The Balaban J connectivity index is 2.15. The number of hydrogen-bond donors (Lipinski definition) is 1. The number of halogens is 1. The predicted octanol–water partition coefficient (Wildman–Crippen LogP) is 4.23. The number of esters is 1. The summed E-state index contributed by atoms with van der Waals surface area (Å²) in [5.74, 6) is -0.236. The summed E-state index contributed by atoms with van der Waals surface area (Å²) in [6.07, 6.45) is -0.201. The molecule has 0 unspecified atom stereocenters. The number of carbonyl (C=O) groups is 2. The molecule has 0 aliphatic rings. The lowest BCUT2D eigenvalue weighted by Gasteiger charge is -2.18. The number of carbonyl (C=O) groups excluding carboxylic acids is 2. The molecule has 0 radical (unpaired) electrons. The largest absolute Gasteiger partial charge is 0.481 e. The number of amides is 1. The molecule has 0 fully saturated rings. The third kappa shape index (κ3) is 4.97. The molecule has 2 aromatic carbocycles. The smallest absolute Gasteiger partial charge is 0.337 e. The third-order valence-electron chi connectivity index (χ3n) is 3.65. The van der Waals surface area contributed by atoms with E-state index in [1.807, 2.05) is 13.8 Å². The minimum Gasteiger partial charge on any atom is -0.481 e. The summed E-state index contributed by atoms with van der Waals surface area (Å²) in [6, 6.07) is 11.9. The lowest BCUT2D eigenvalue weighted by Crippen LogP contribution is -2.32. The van der Waals surface area contributed by atoms with Gasteiger partial charge in [0.2, 0.25) is 0 Å². The van der Waals surface area contributed by atoms with Gasteiger partial charge in [0, 0.05) is 10.7 Å². The highest BCUT2D eigenvalue weighted by Crippen LogP contribution is 2.21. The van der Waals surface area contributed by atoms with E-state index in [1.54, 1.807) is 42.5 Å². The number of nitrogens with one attached hydrogen (secondary N) is 1. The van der Waals surface area contributed by atoms with Gasteiger partial charge in [-0.2, -0.15) is 0 Å². The van der Waals surface area contributed by atoms with E-state index < -0.39 is 12.1 Å². The quantitative estimate of drug-likeness (QED) is 0.782. The SMILES string of the molecule is CC[C@H](Oc1cccc(Cl)c1)C(=O)Nc1cc(C(=O)OC)ccc1C. The van der Waals surface area contributed by atoms with Crippen LogP contribution in [0.3, 0.4) is 0 Å². The van der Waals surface area contributed by atoms with Gasteiger partial charge < -0.3 is 14.8 Å². The molecule has 2 rings (SSSR count). The molecule has 1 amide bonds. The van der Waals surface area contributed by atoms with Crippen molar-refractivity contribution >= 4 is 29.2 Å². The van der Waals surface area contributed by atoms with E-state index in [0.717, 1.165) is 5.56 Å². The van der Waals surface area contributed by atoms with Crippen LogP contribution in [-0.2, 0) is 9.53 Å². The van der Waals surface area contributed by atoms with Gasteiger partial charge in [0.15, 0.2) is 6.10 Å². The summed E-state index contributed by atoms with van der Waals surface area (Å²) in [5.41, 5.74) is 1.74. The van der Waals surface area contributed by atoms with E-state index in [9.17, 15) is 9.59 Å². The zero-order valence-corrected chi connectivity index (χ0v) is 15.1. The average molecular weight is 362 g/mol. The van der Waals surface area contributed by atoms with Gasteiger partial charge in [-0.1, -0.05) is 30.7 Å². The van der Waals surface area contributed by atoms with Crippen molar-refractivity contribution in [3.63, 3.8) is 0 Å². The molecule has 0 saturated heterocycles. The molecular weight excluding hydrogens is 342 g/mol. The maximum atomic E-state index is 12.6. The Morgan fingerprint density at radius 1 is 1.20 bits per heavy atom. The van der Waals surface area contributed by atoms with Crippen molar-refractivity contribution in [3.8, 4) is 5.75 Å². The second-order valence-electron chi connectivity index (χ2n) is 5.48. The third-order valence-corrected chi connectivity index (χ3v) is 3.89. The summed E-state index contributed by atoms with van der Waals surface area (Å²) in [6.45, 7) is 3.70. The Hall–Kier alpha value is -2.53. The van der Waals surface area contributed by atoms with Crippen LogP contribution in [0.1, 0.15) is 29.3 Å². The van der Waals surface area contributed by atoms with Crippen LogP contribution in [0.2, 0.25) is 5.02 Å². The van der Waals surface area contributed by atoms with Gasteiger partial charge in [0.1, 0.15) is 5.75 Å². The van der Waals surface area contributed by atoms with Crippen LogP contribution in [0.25, 0.3) is 0 Å². The average Bonchev–Trinajstić information content (AvgIpc) is 2.60. The van der Waals surface area contributed by atoms with Gasteiger partial charge in [0.25, 0.3) is 5.91 Å². The molecule has 132 valence electrons. The fourth-order valence-corrected chi connectivity index (χ4v) is 2.42. The highest BCUT2D eigenvalue weighted by Gasteiger charge is 2.20. The number of rotatable bonds is 6. The van der Waals surface area contributed by atoms with Crippen LogP contribution >= 0.6 is 11.6 Å². The Morgan fingerprint density at radius 2 is 1.96 bits per heavy atom. The zero-order chi connectivity index (χ0) is 18.4. The van der Waals surface area contributed by atoms with Gasteiger partial charge in [-0.3, -0.25) is 4.79 Å². The number of benzene rings is 2. The molecule has 1 N–H and O–H groups in total. The van der Waals surface area contributed by atoms with Crippen molar-refractivity contribution in [1.82, 2.24) is 0 Å². The first-order valence-electron chi connectivity index (χ1n) is 7.86. The van der Waals surface area contributed by atoms with Crippen LogP contribution in [-0.4, -0.2) is 25.1 Å². The normalized spacial score (nSPS) is 11.5. The molecule has 5 nitrogen and oxygen atoms in total. The Bertz CT molecular complexity index is 776. The molecule has 1 atom stereocenters. The van der Waals surface area contributed by atoms with Crippen LogP contribution < -0.4 is 10.1 Å². The minimum atomic E-state index is -0.681. The van der Waals surface area contributed by atoms with E-state index in [-0.39, 0.29) is 5.91 Å². The summed E-state index contributed by atoms with van der Waals surface area (Å²) < 4.78 is 10.4. The summed E-state index contributed by atoms with van der Waals surface area (Å²) in [7, 11) is 1.31. The highest BCUT2D eigenvalue weighted by atomic mass is 35.5. The molecule has 0 saturated carbocycles. The molecular formula is C19H20ClNO4. The lowest BCUT2D eigenvalue weighted by molar-refractivity contribution is -0.122. The van der Waals surface area contributed by atoms with E-state index >= 15 is 0 Å². The molecule has 0 bridgehead atoms. The van der Waals surface area contributed by atoms with E-state index in [0.29, 0.717) is 28.4 Å². The van der Waals surface area contributed by atoms with Crippen molar-refractivity contribution in [3.05, 3.63) is 58.6 Å². The standard InChI is InChI=1S/C19H20ClNO4/c1-4-17(25-15-7-5-6-14(20)11-15)18(22)21-16-10-13(19(23)24-3)9-8-12(16)2/h5-11,17H,4H2,1-3H3,(H,21,22)/t17-/m0/s1. The van der Waals surface area contributed by atoms with Crippen LogP contribution in [0.5, 0.6) is 5.75 Å². The van der Waals surface area contributed by atoms with E-state index in [1.165, 1.54) is 7.11 Å². The molecule has 0 spiro atoms. The van der Waals surface area contributed by atoms with Crippen LogP contribution in [0.4, 0.5) is 5.69 Å². The van der Waals surface area contributed by atoms with Crippen molar-refractivity contribution in [2.45, 2.75) is 26.4 Å². The summed E-state index contributed by atoms with van der Waals surface area (Å²) in [5, 5.41) is 3.35. The maximum absolute atomic E-state index is 12.6. The highest BCUT2D eigenvalue weighted by molar-refractivity contribution is 6.30. The first kappa shape index (κ1) is 18.8. The van der Waals surface area contributed by atoms with E-state index in [4.69, 9.17) is 21.1 Å². The first-order valence-corrected chi connectivity index (χ1v) is 8.24. The maximum Gasteiger partial charge on any atom is 0.337 e. The molecule has 6 heteroatoms. The lowest BCUT2D eigenvalue weighted by atomic mass is 10.1. The van der Waals surface area contributed by atoms with Crippen molar-refractivity contribution in [1.29, 1.82) is 0 Å². The topological polar surface area (TPSA) is 64.6 Å². The predicted molar refractivity (Wildman–Crippen MR) is 97.3 cm³/mol. The fourth-order valence-electron chi connectivity index (χ4n) is 2.24. The zero-order valence-electron chi connectivity index (χ0n) is 14.3. The van der Waals surface area contributed by atoms with Gasteiger partial charge in [-0.15, -0.1) is 0 Å². The monoisotopic (exact) mass is 361 g/mol. The molecule has 2 aromatic rings. The number of hydrogen-bond acceptors (Lipinski definition) is 4. The molecule has 0 aliphatic carbocycles. The second kappa shape index (κ2) is 8.53. The Labute approximate surface area is 151 Å². The molecule has 25 heavy (non-hydrogen) atoms. The summed E-state index contributed by atoms with van der Waals surface area (Å²) in [4.78, 5) is 24.2. The number of anilines is 1. The van der Waals surface area contributed by atoms with Gasteiger partial charge in [-0.25, -0.2) is 4.79 Å². The Kier molecular flexibility index (Phi) is 6.42. The molecule has 0 aliphatic heterocycles. The van der Waals surface area contributed by atoms with E-state index in [2.05, 4.69) is 5.32 Å². The fraction of sp³-hybridized carbons (Fsp3) is 0.263. The molecule has 0 aromatic heterocycles. The van der Waals surface area contributed by atoms with Gasteiger partial charge >= 0.3 is 5.97 Å². The Morgan fingerprint density at radius 3 is 2.60 bits per heavy atom. The van der Waals surface area contributed by atoms with Crippen molar-refractivity contribution in [2.24, 2.45) is 0 Å². The van der Waals surface area contributed by atoms with Crippen molar-refractivity contribution < 1.29 is 19.1 Å². The number of aryl methyl sites for hydroxylation is 1. The summed E-state index contributed by atoms with van der Waals surface area (Å²) >= 11 is 5.94. The number of ether oxygens (including phenoxy) is 2. The number of methoxy groups -OCH3 is 1. The van der Waals surface area contributed by atoms with Crippen LogP contribution in [0, 0.1) is 6.92 Å². The van der Waals surface area contributed by atoms with Crippen molar-refractivity contribution in [2.75, 3.05) is 12.4 Å². The van der Waals surface area contributed by atoms with Crippen LogP contribution in [0.15, 0.2) is 42.5 Å².